The molecule has 0 spiro atoms. The first-order chi connectivity index (χ1) is 13.4. The summed E-state index contributed by atoms with van der Waals surface area (Å²) in [6, 6.07) is 14.4. The van der Waals surface area contributed by atoms with Crippen molar-refractivity contribution < 1.29 is 4.74 Å². The quantitative estimate of drug-likeness (QED) is 0.605. The number of nitrogens with zero attached hydrogens (tertiary/aromatic N) is 1. The maximum Gasteiger partial charge on any atom is 0.121 e. The third kappa shape index (κ3) is 4.40. The summed E-state index contributed by atoms with van der Waals surface area (Å²) in [4.78, 5) is 2.13. The van der Waals surface area contributed by atoms with Crippen LogP contribution >= 0.6 is 9.24 Å². The Hall–Kier alpha value is -2.29. The topological polar surface area (TPSA) is 38.5 Å². The van der Waals surface area contributed by atoms with Crippen LogP contribution in [0.2, 0.25) is 0 Å². The van der Waals surface area contributed by atoms with Crippen molar-refractivity contribution in [2.75, 3.05) is 0 Å². The Morgan fingerprint density at radius 1 is 1.11 bits per heavy atom. The summed E-state index contributed by atoms with van der Waals surface area (Å²) in [7, 11) is 9.10. The molecule has 2 aromatic carbocycles. The van der Waals surface area contributed by atoms with Crippen molar-refractivity contribution in [1.29, 1.82) is 0 Å². The molecule has 142 valence electrons. The highest BCUT2D eigenvalue weighted by molar-refractivity contribution is 7.27. The number of nitrogens with two attached hydrogens (primary N) is 1. The zero-order valence-electron chi connectivity index (χ0n) is 16.5. The van der Waals surface area contributed by atoms with E-state index >= 15 is 0 Å². The second-order valence-corrected chi connectivity index (χ2v) is 7.71. The first-order valence-corrected chi connectivity index (χ1v) is 9.88. The van der Waals surface area contributed by atoms with Crippen LogP contribution in [0.15, 0.2) is 77.7 Å². The highest BCUT2D eigenvalue weighted by Gasteiger charge is 2.21. The average molecular weight is 388 g/mol. The lowest BCUT2D eigenvalue weighted by atomic mass is 9.87. The summed E-state index contributed by atoms with van der Waals surface area (Å²) >= 11 is 0. The summed E-state index contributed by atoms with van der Waals surface area (Å²) in [5.74, 6) is 0.655. The number of allylic oxidation sites excluding steroid dienone is 3. The molecule has 3 nitrogen and oxygen atoms in total. The molecule has 1 heterocycles. The number of rotatable bonds is 6. The number of hydrogen-bond donors (Lipinski definition) is 1. The number of ether oxygens (including phenoxy) is 1. The molecule has 5 heteroatoms. The number of aryl methyl sites for hydroxylation is 1. The minimum absolute atomic E-state index is 0.426. The van der Waals surface area contributed by atoms with Crippen molar-refractivity contribution in [3.8, 4) is 0 Å². The van der Waals surface area contributed by atoms with Gasteiger partial charge in [-0.1, -0.05) is 49.0 Å². The van der Waals surface area contributed by atoms with E-state index in [-0.39, 0.29) is 0 Å². The van der Waals surface area contributed by atoms with Gasteiger partial charge >= 0.3 is 0 Å². The van der Waals surface area contributed by atoms with E-state index in [1.54, 1.807) is 0 Å². The molecule has 2 N–H and O–H groups in total. The van der Waals surface area contributed by atoms with Gasteiger partial charge in [-0.15, -0.1) is 9.24 Å². The second kappa shape index (κ2) is 8.81. The molecule has 1 unspecified atom stereocenters. The molecule has 2 radical (unpaired) electrons. The zero-order valence-corrected chi connectivity index (χ0v) is 17.7. The van der Waals surface area contributed by atoms with Crippen molar-refractivity contribution in [3.63, 3.8) is 0 Å². The van der Waals surface area contributed by atoms with Crippen molar-refractivity contribution in [1.82, 2.24) is 4.90 Å². The minimum Gasteiger partial charge on any atom is -0.489 e. The van der Waals surface area contributed by atoms with E-state index in [0.29, 0.717) is 24.4 Å². The van der Waals surface area contributed by atoms with Crippen LogP contribution in [-0.2, 0) is 24.4 Å². The fourth-order valence-electron chi connectivity index (χ4n) is 3.31. The van der Waals surface area contributed by atoms with E-state index in [4.69, 9.17) is 18.3 Å². The Labute approximate surface area is 171 Å². The second-order valence-electron chi connectivity index (χ2n) is 7.04. The van der Waals surface area contributed by atoms with Crippen LogP contribution in [0.25, 0.3) is 0 Å². The van der Waals surface area contributed by atoms with Gasteiger partial charge in [0.25, 0.3) is 0 Å². The summed E-state index contributed by atoms with van der Waals surface area (Å²) in [5, 5.41) is 1.18. The fourth-order valence-corrected chi connectivity index (χ4v) is 3.65. The first-order valence-electron chi connectivity index (χ1n) is 9.30. The van der Waals surface area contributed by atoms with Crippen molar-refractivity contribution in [3.05, 3.63) is 100.0 Å². The molecule has 1 aliphatic heterocycles. The SMILES string of the molecule is [B]C1=C(OCc2ccccc2CN)C=C(C)N(Cc2ccc(P)cc2C)C1=C. The molecular weight excluding hydrogens is 362 g/mol. The lowest BCUT2D eigenvalue weighted by molar-refractivity contribution is 0.204. The van der Waals surface area contributed by atoms with Crippen molar-refractivity contribution in [2.24, 2.45) is 5.73 Å². The standard InChI is InChI=1S/C23H26BN2OP/c1-15-10-21(28)9-8-19(15)13-26-16(2)11-22(23(24)17(26)3)27-14-20-7-5-4-6-18(20)12-25/h4-11H,3,12-14,25,28H2,1-2H3. The lowest BCUT2D eigenvalue weighted by Gasteiger charge is -2.33. The van der Waals surface area contributed by atoms with Crippen LogP contribution in [0.4, 0.5) is 0 Å². The molecule has 0 saturated carbocycles. The molecule has 0 aromatic heterocycles. The van der Waals surface area contributed by atoms with Gasteiger partial charge in [0.15, 0.2) is 0 Å². The summed E-state index contributed by atoms with van der Waals surface area (Å²) in [6.07, 6.45) is 1.98. The first kappa shape index (κ1) is 20.4. The minimum atomic E-state index is 0.426. The molecule has 3 rings (SSSR count). The summed E-state index contributed by atoms with van der Waals surface area (Å²) < 4.78 is 6.04. The van der Waals surface area contributed by atoms with E-state index in [0.717, 1.165) is 29.1 Å². The third-order valence-electron chi connectivity index (χ3n) is 5.08. The smallest absolute Gasteiger partial charge is 0.121 e. The number of hydrogen-bond acceptors (Lipinski definition) is 3. The molecule has 0 saturated heterocycles. The van der Waals surface area contributed by atoms with Gasteiger partial charge in [0, 0.05) is 24.5 Å². The van der Waals surface area contributed by atoms with Crippen LogP contribution in [0, 0.1) is 6.92 Å². The fraction of sp³-hybridized carbons (Fsp3) is 0.217. The highest BCUT2D eigenvalue weighted by Crippen LogP contribution is 2.30. The van der Waals surface area contributed by atoms with Gasteiger partial charge < -0.3 is 15.4 Å². The van der Waals surface area contributed by atoms with Crippen LogP contribution in [0.5, 0.6) is 0 Å². The Kier molecular flexibility index (Phi) is 6.44. The largest absolute Gasteiger partial charge is 0.489 e. The van der Waals surface area contributed by atoms with Crippen molar-refractivity contribution in [2.45, 2.75) is 33.5 Å². The van der Waals surface area contributed by atoms with Gasteiger partial charge in [0.1, 0.15) is 20.2 Å². The highest BCUT2D eigenvalue weighted by atomic mass is 31.0. The zero-order chi connectivity index (χ0) is 20.3. The molecule has 1 aliphatic rings. The summed E-state index contributed by atoms with van der Waals surface area (Å²) in [6.45, 7) is 10.0. The Morgan fingerprint density at radius 3 is 2.50 bits per heavy atom. The Bertz CT molecular complexity index is 963. The number of benzene rings is 2. The van der Waals surface area contributed by atoms with Gasteiger partial charge in [-0.05, 0) is 53.0 Å². The monoisotopic (exact) mass is 388 g/mol. The third-order valence-corrected chi connectivity index (χ3v) is 5.44. The van der Waals surface area contributed by atoms with Crippen LogP contribution in [0.1, 0.15) is 29.2 Å². The molecule has 0 fully saturated rings. The lowest BCUT2D eigenvalue weighted by Crippen LogP contribution is -2.26. The predicted molar refractivity (Wildman–Crippen MR) is 121 cm³/mol. The van der Waals surface area contributed by atoms with Gasteiger partial charge in [-0.2, -0.15) is 0 Å². The maximum atomic E-state index is 6.37. The average Bonchev–Trinajstić information content (AvgIpc) is 2.68. The van der Waals surface area contributed by atoms with Crippen LogP contribution in [-0.4, -0.2) is 12.7 Å². The summed E-state index contributed by atoms with van der Waals surface area (Å²) in [5.41, 5.74) is 12.8. The van der Waals surface area contributed by atoms with Crippen molar-refractivity contribution >= 4 is 22.4 Å². The Balaban J connectivity index is 1.76. The van der Waals surface area contributed by atoms with E-state index in [9.17, 15) is 0 Å². The van der Waals surface area contributed by atoms with E-state index < -0.39 is 0 Å². The Morgan fingerprint density at radius 2 is 1.82 bits per heavy atom. The molecule has 2 aromatic rings. The molecular formula is C23H26BN2OP. The van der Waals surface area contributed by atoms with Gasteiger partial charge in [-0.3, -0.25) is 0 Å². The van der Waals surface area contributed by atoms with E-state index in [1.165, 1.54) is 16.4 Å². The van der Waals surface area contributed by atoms with Crippen LogP contribution < -0.4 is 11.0 Å². The maximum absolute atomic E-state index is 6.37. The molecule has 28 heavy (non-hydrogen) atoms. The molecule has 0 amide bonds. The molecule has 0 aliphatic carbocycles. The van der Waals surface area contributed by atoms with Gasteiger partial charge in [0.05, 0.1) is 0 Å². The molecule has 0 bridgehead atoms. The predicted octanol–water partition coefficient (Wildman–Crippen LogP) is 3.78. The molecule has 1 atom stereocenters. The normalized spacial score (nSPS) is 14.4. The van der Waals surface area contributed by atoms with E-state index in [2.05, 4.69) is 45.8 Å². The van der Waals surface area contributed by atoms with Crippen LogP contribution in [0.3, 0.4) is 0 Å². The van der Waals surface area contributed by atoms with Gasteiger partial charge in [0.2, 0.25) is 0 Å². The van der Waals surface area contributed by atoms with Gasteiger partial charge in [-0.25, -0.2) is 0 Å². The van der Waals surface area contributed by atoms with E-state index in [1.807, 2.05) is 37.3 Å².